The highest BCUT2D eigenvalue weighted by Gasteiger charge is 2.10. The highest BCUT2D eigenvalue weighted by atomic mass is 32.2. The van der Waals surface area contributed by atoms with Crippen LogP contribution in [0.5, 0.6) is 0 Å². The van der Waals surface area contributed by atoms with Gasteiger partial charge in [-0.1, -0.05) is 6.07 Å². The number of carboxylic acid groups (broad SMARTS) is 1. The molecule has 0 heterocycles. The molecule has 82 valence electrons. The van der Waals surface area contributed by atoms with Crippen LogP contribution in [-0.4, -0.2) is 27.7 Å². The Morgan fingerprint density at radius 3 is 2.73 bits per heavy atom. The van der Waals surface area contributed by atoms with Gasteiger partial charge in [-0.2, -0.15) is 0 Å². The number of hydrogen-bond donors (Lipinski definition) is 1. The van der Waals surface area contributed by atoms with Gasteiger partial charge in [0.1, 0.15) is 6.67 Å². The third-order valence-corrected chi connectivity index (χ3v) is 3.27. The number of halogens is 1. The van der Waals surface area contributed by atoms with Crippen LogP contribution in [0.25, 0.3) is 0 Å². The maximum atomic E-state index is 12.0. The molecule has 1 aromatic rings. The lowest BCUT2D eigenvalue weighted by atomic mass is 10.1. The third kappa shape index (κ3) is 2.86. The van der Waals surface area contributed by atoms with Crippen molar-refractivity contribution < 1.29 is 18.5 Å². The lowest BCUT2D eigenvalue weighted by molar-refractivity contribution is 0.0696. The Morgan fingerprint density at radius 1 is 1.53 bits per heavy atom. The summed E-state index contributed by atoms with van der Waals surface area (Å²) in [5, 5.41) is 8.83. The molecule has 1 unspecified atom stereocenters. The largest absolute Gasteiger partial charge is 0.478 e. The van der Waals surface area contributed by atoms with E-state index in [1.165, 1.54) is 6.07 Å². The molecule has 0 aromatic heterocycles. The Hall–Kier alpha value is -1.23. The fourth-order valence-corrected chi connectivity index (χ4v) is 2.01. The topological polar surface area (TPSA) is 54.4 Å². The Balaban J connectivity index is 3.07. The average Bonchev–Trinajstić information content (AvgIpc) is 2.18. The molecular weight excluding hydrogens is 219 g/mol. The van der Waals surface area contributed by atoms with Gasteiger partial charge in [0.25, 0.3) is 0 Å². The van der Waals surface area contributed by atoms with Gasteiger partial charge in [0.15, 0.2) is 0 Å². The van der Waals surface area contributed by atoms with Gasteiger partial charge in [-0.05, 0) is 24.6 Å². The van der Waals surface area contributed by atoms with E-state index in [0.29, 0.717) is 10.5 Å². The summed E-state index contributed by atoms with van der Waals surface area (Å²) in [4.78, 5) is 11.1. The van der Waals surface area contributed by atoms with Gasteiger partial charge >= 0.3 is 5.97 Å². The SMILES string of the molecule is Cc1ccc(S(=O)CCF)cc1C(=O)O. The predicted molar refractivity (Wildman–Crippen MR) is 55.4 cm³/mol. The van der Waals surface area contributed by atoms with Gasteiger partial charge in [0.2, 0.25) is 0 Å². The molecule has 0 saturated heterocycles. The van der Waals surface area contributed by atoms with Crippen LogP contribution in [0, 0.1) is 6.92 Å². The van der Waals surface area contributed by atoms with Crippen molar-refractivity contribution in [1.82, 2.24) is 0 Å². The lowest BCUT2D eigenvalue weighted by Gasteiger charge is -2.04. The number of carbonyl (C=O) groups is 1. The molecule has 0 bridgehead atoms. The molecule has 3 nitrogen and oxygen atoms in total. The summed E-state index contributed by atoms with van der Waals surface area (Å²) in [5.74, 6) is -1.16. The lowest BCUT2D eigenvalue weighted by Crippen LogP contribution is -2.04. The van der Waals surface area contributed by atoms with E-state index in [9.17, 15) is 13.4 Å². The smallest absolute Gasteiger partial charge is 0.335 e. The van der Waals surface area contributed by atoms with E-state index in [1.54, 1.807) is 19.1 Å². The van der Waals surface area contributed by atoms with Crippen molar-refractivity contribution in [2.24, 2.45) is 0 Å². The summed E-state index contributed by atoms with van der Waals surface area (Å²) in [6, 6.07) is 4.48. The van der Waals surface area contributed by atoms with Crippen LogP contribution in [0.3, 0.4) is 0 Å². The van der Waals surface area contributed by atoms with Gasteiger partial charge in [0, 0.05) is 4.90 Å². The molecular formula is C10H11FO3S. The van der Waals surface area contributed by atoms with Crippen molar-refractivity contribution in [2.45, 2.75) is 11.8 Å². The molecule has 0 aliphatic rings. The fraction of sp³-hybridized carbons (Fsp3) is 0.300. The molecule has 0 saturated carbocycles. The van der Waals surface area contributed by atoms with E-state index in [4.69, 9.17) is 5.11 Å². The normalized spacial score (nSPS) is 12.4. The van der Waals surface area contributed by atoms with Gasteiger partial charge in [-0.25, -0.2) is 4.79 Å². The molecule has 0 aliphatic heterocycles. The van der Waals surface area contributed by atoms with Gasteiger partial charge < -0.3 is 5.11 Å². The molecule has 0 aliphatic carbocycles. The second kappa shape index (κ2) is 5.02. The molecule has 0 fully saturated rings. The van der Waals surface area contributed by atoms with Crippen LogP contribution in [0.2, 0.25) is 0 Å². The Kier molecular flexibility index (Phi) is 3.96. The Morgan fingerprint density at radius 2 is 2.20 bits per heavy atom. The predicted octanol–water partition coefficient (Wildman–Crippen LogP) is 1.77. The van der Waals surface area contributed by atoms with Crippen molar-refractivity contribution in [3.05, 3.63) is 29.3 Å². The molecule has 15 heavy (non-hydrogen) atoms. The number of aromatic carboxylic acids is 1. The van der Waals surface area contributed by atoms with Crippen molar-refractivity contribution >= 4 is 16.8 Å². The molecule has 1 N–H and O–H groups in total. The fourth-order valence-electron chi connectivity index (χ4n) is 1.16. The highest BCUT2D eigenvalue weighted by molar-refractivity contribution is 7.85. The van der Waals surface area contributed by atoms with Gasteiger partial charge in [0.05, 0.1) is 22.1 Å². The van der Waals surface area contributed by atoms with E-state index in [1.807, 2.05) is 0 Å². The van der Waals surface area contributed by atoms with Crippen LogP contribution in [-0.2, 0) is 10.8 Å². The molecule has 1 atom stereocenters. The first-order chi connectivity index (χ1) is 7.06. The average molecular weight is 230 g/mol. The summed E-state index contributed by atoms with van der Waals surface area (Å²) in [5.41, 5.74) is 0.711. The van der Waals surface area contributed by atoms with Crippen LogP contribution >= 0.6 is 0 Å². The number of aryl methyl sites for hydroxylation is 1. The van der Waals surface area contributed by atoms with Crippen molar-refractivity contribution in [3.63, 3.8) is 0 Å². The Bertz CT molecular complexity index is 404. The molecule has 0 amide bonds. The van der Waals surface area contributed by atoms with Crippen LogP contribution < -0.4 is 0 Å². The molecule has 5 heteroatoms. The summed E-state index contributed by atoms with van der Waals surface area (Å²) >= 11 is 0. The standard InChI is InChI=1S/C10H11FO3S/c1-7-2-3-8(15(14)5-4-11)6-9(7)10(12)13/h2-3,6H,4-5H2,1H3,(H,12,13). The second-order valence-electron chi connectivity index (χ2n) is 3.02. The number of alkyl halides is 1. The van der Waals surface area contributed by atoms with Crippen molar-refractivity contribution in [1.29, 1.82) is 0 Å². The molecule has 1 aromatic carbocycles. The van der Waals surface area contributed by atoms with E-state index >= 15 is 0 Å². The van der Waals surface area contributed by atoms with E-state index in [2.05, 4.69) is 0 Å². The summed E-state index contributed by atoms with van der Waals surface area (Å²) in [7, 11) is -1.46. The summed E-state index contributed by atoms with van der Waals surface area (Å²) in [6.45, 7) is 0.980. The highest BCUT2D eigenvalue weighted by Crippen LogP contribution is 2.14. The van der Waals surface area contributed by atoms with E-state index < -0.39 is 23.4 Å². The monoisotopic (exact) mass is 230 g/mol. The van der Waals surface area contributed by atoms with E-state index in [0.717, 1.165) is 0 Å². The Labute approximate surface area is 89.4 Å². The van der Waals surface area contributed by atoms with Gasteiger partial charge in [-0.3, -0.25) is 8.60 Å². The number of benzene rings is 1. The quantitative estimate of drug-likeness (QED) is 0.857. The maximum absolute atomic E-state index is 12.0. The third-order valence-electron chi connectivity index (χ3n) is 1.96. The minimum absolute atomic E-state index is 0.0951. The number of rotatable bonds is 4. The maximum Gasteiger partial charge on any atom is 0.335 e. The zero-order valence-electron chi connectivity index (χ0n) is 8.20. The van der Waals surface area contributed by atoms with E-state index in [-0.39, 0.29) is 11.3 Å². The molecule has 0 spiro atoms. The van der Waals surface area contributed by atoms with Crippen LogP contribution in [0.4, 0.5) is 4.39 Å². The summed E-state index contributed by atoms with van der Waals surface area (Å²) < 4.78 is 23.4. The first-order valence-electron chi connectivity index (χ1n) is 4.34. The number of carboxylic acids is 1. The van der Waals surface area contributed by atoms with Gasteiger partial charge in [-0.15, -0.1) is 0 Å². The first-order valence-corrected chi connectivity index (χ1v) is 5.66. The zero-order chi connectivity index (χ0) is 11.4. The number of hydrogen-bond acceptors (Lipinski definition) is 2. The van der Waals surface area contributed by atoms with Crippen molar-refractivity contribution in [3.8, 4) is 0 Å². The summed E-state index contributed by atoms with van der Waals surface area (Å²) in [6.07, 6.45) is 0. The van der Waals surface area contributed by atoms with Crippen LogP contribution in [0.1, 0.15) is 15.9 Å². The minimum atomic E-state index is -1.46. The zero-order valence-corrected chi connectivity index (χ0v) is 9.01. The molecule has 0 radical (unpaired) electrons. The second-order valence-corrected chi connectivity index (χ2v) is 4.59. The molecule has 1 rings (SSSR count). The first kappa shape index (κ1) is 11.8. The minimum Gasteiger partial charge on any atom is -0.478 e. The van der Waals surface area contributed by atoms with Crippen LogP contribution in [0.15, 0.2) is 23.1 Å². The van der Waals surface area contributed by atoms with Crippen molar-refractivity contribution in [2.75, 3.05) is 12.4 Å².